The van der Waals surface area contributed by atoms with Gasteiger partial charge in [0.1, 0.15) is 0 Å². The lowest BCUT2D eigenvalue weighted by Crippen LogP contribution is -2.45. The Bertz CT molecular complexity index is 218. The number of alkyl halides is 4. The third-order valence-corrected chi connectivity index (χ3v) is 2.39. The lowest BCUT2D eigenvalue weighted by Gasteiger charge is -2.30. The SMILES string of the molecule is O=P1(Cl)OC(F)C(F)(F)C(F)O1. The zero-order valence-electron chi connectivity index (χ0n) is 5.22. The van der Waals surface area contributed by atoms with E-state index in [4.69, 9.17) is 0 Å². The molecule has 0 aliphatic carbocycles. The van der Waals surface area contributed by atoms with Gasteiger partial charge < -0.3 is 0 Å². The van der Waals surface area contributed by atoms with Crippen molar-refractivity contribution in [2.24, 2.45) is 0 Å². The summed E-state index contributed by atoms with van der Waals surface area (Å²) in [6.45, 7) is -4.54. The van der Waals surface area contributed by atoms with E-state index in [0.29, 0.717) is 0 Å². The van der Waals surface area contributed by atoms with Crippen LogP contribution in [0.25, 0.3) is 0 Å². The van der Waals surface area contributed by atoms with E-state index in [-0.39, 0.29) is 0 Å². The molecular formula is C3H2ClF4O3P. The highest BCUT2D eigenvalue weighted by molar-refractivity contribution is 7.81. The second-order valence-electron chi connectivity index (χ2n) is 1.95. The summed E-state index contributed by atoms with van der Waals surface area (Å²) in [5.41, 5.74) is 0. The topological polar surface area (TPSA) is 35.5 Å². The van der Waals surface area contributed by atoms with E-state index < -0.39 is 25.6 Å². The van der Waals surface area contributed by atoms with Crippen molar-refractivity contribution in [2.75, 3.05) is 0 Å². The summed E-state index contributed by atoms with van der Waals surface area (Å²) in [7, 11) is 0. The molecule has 1 rings (SSSR count). The van der Waals surface area contributed by atoms with Gasteiger partial charge in [-0.1, -0.05) is 0 Å². The number of halogens is 5. The summed E-state index contributed by atoms with van der Waals surface area (Å²) in [5.74, 6) is -4.48. The van der Waals surface area contributed by atoms with Crippen LogP contribution in [0.4, 0.5) is 17.6 Å². The molecule has 0 radical (unpaired) electrons. The van der Waals surface area contributed by atoms with E-state index in [1.807, 2.05) is 0 Å². The van der Waals surface area contributed by atoms with E-state index >= 15 is 0 Å². The monoisotopic (exact) mass is 228 g/mol. The molecule has 2 unspecified atom stereocenters. The Morgan fingerprint density at radius 3 is 1.92 bits per heavy atom. The Hall–Kier alpha value is 0.160. The number of hydrogen-bond acceptors (Lipinski definition) is 3. The highest BCUT2D eigenvalue weighted by Gasteiger charge is 2.59. The average Bonchev–Trinajstić information content (AvgIpc) is 1.82. The molecule has 12 heavy (non-hydrogen) atoms. The van der Waals surface area contributed by atoms with Crippen LogP contribution in [0, 0.1) is 0 Å². The molecule has 9 heteroatoms. The fourth-order valence-electron chi connectivity index (χ4n) is 0.489. The third kappa shape index (κ3) is 1.74. The Morgan fingerprint density at radius 1 is 1.25 bits per heavy atom. The van der Waals surface area contributed by atoms with Crippen molar-refractivity contribution in [1.29, 1.82) is 0 Å². The lowest BCUT2D eigenvalue weighted by atomic mass is 10.3. The predicted octanol–water partition coefficient (Wildman–Crippen LogP) is 2.61. The van der Waals surface area contributed by atoms with Crippen molar-refractivity contribution in [3.05, 3.63) is 0 Å². The van der Waals surface area contributed by atoms with Crippen LogP contribution >= 0.6 is 18.2 Å². The number of rotatable bonds is 0. The molecule has 0 aromatic rings. The average molecular weight is 228 g/mol. The third-order valence-electron chi connectivity index (χ3n) is 1.04. The van der Waals surface area contributed by atoms with E-state index in [0.717, 1.165) is 0 Å². The molecule has 1 fully saturated rings. The molecule has 0 aromatic heterocycles. The molecule has 0 bridgehead atoms. The van der Waals surface area contributed by atoms with Gasteiger partial charge in [0.2, 0.25) is 0 Å². The minimum absolute atomic E-state index is 3.36. The Balaban J connectivity index is 2.85. The molecule has 3 nitrogen and oxygen atoms in total. The van der Waals surface area contributed by atoms with Crippen LogP contribution in [0.2, 0.25) is 0 Å². The summed E-state index contributed by atoms with van der Waals surface area (Å²) in [4.78, 5) is 0. The molecule has 72 valence electrons. The van der Waals surface area contributed by atoms with Crippen molar-refractivity contribution in [3.63, 3.8) is 0 Å². The van der Waals surface area contributed by atoms with Crippen LogP contribution in [-0.2, 0) is 13.6 Å². The maximum absolute atomic E-state index is 12.2. The first-order chi connectivity index (χ1) is 5.26. The van der Waals surface area contributed by atoms with Gasteiger partial charge in [-0.15, -0.1) is 0 Å². The van der Waals surface area contributed by atoms with E-state index in [9.17, 15) is 22.1 Å². The Morgan fingerprint density at radius 2 is 1.58 bits per heavy atom. The van der Waals surface area contributed by atoms with Crippen LogP contribution in [-0.4, -0.2) is 18.6 Å². The molecule has 0 N–H and O–H groups in total. The fourth-order valence-corrected chi connectivity index (χ4v) is 1.68. The first-order valence-corrected chi connectivity index (χ1v) is 5.03. The molecule has 0 aromatic carbocycles. The predicted molar refractivity (Wildman–Crippen MR) is 30.4 cm³/mol. The second-order valence-corrected chi connectivity index (χ2v) is 4.47. The summed E-state index contributed by atoms with van der Waals surface area (Å²) >= 11 is 4.69. The van der Waals surface area contributed by atoms with Crippen LogP contribution in [0.5, 0.6) is 0 Å². The summed E-state index contributed by atoms with van der Waals surface area (Å²) < 4.78 is 65.9. The van der Waals surface area contributed by atoms with Crippen molar-refractivity contribution < 1.29 is 31.2 Å². The van der Waals surface area contributed by atoms with Gasteiger partial charge in [-0.2, -0.15) is 8.78 Å². The van der Waals surface area contributed by atoms with E-state index in [2.05, 4.69) is 20.3 Å². The zero-order valence-corrected chi connectivity index (χ0v) is 6.87. The van der Waals surface area contributed by atoms with Crippen LogP contribution in [0.3, 0.4) is 0 Å². The quantitative estimate of drug-likeness (QED) is 0.472. The molecule has 1 aliphatic heterocycles. The molecule has 1 aliphatic rings. The van der Waals surface area contributed by atoms with Gasteiger partial charge in [-0.05, 0) is 0 Å². The van der Waals surface area contributed by atoms with Gasteiger partial charge >= 0.3 is 12.9 Å². The van der Waals surface area contributed by atoms with Crippen LogP contribution in [0.15, 0.2) is 0 Å². The first kappa shape index (κ1) is 10.2. The molecule has 0 saturated carbocycles. The smallest absolute Gasteiger partial charge is 0.255 e. The van der Waals surface area contributed by atoms with Crippen LogP contribution < -0.4 is 0 Å². The fraction of sp³-hybridized carbons (Fsp3) is 1.00. The Labute approximate surface area is 68.9 Å². The van der Waals surface area contributed by atoms with E-state index in [1.54, 1.807) is 0 Å². The minimum atomic E-state index is -4.54. The van der Waals surface area contributed by atoms with Gasteiger partial charge in [0.25, 0.3) is 12.7 Å². The molecule has 0 amide bonds. The molecule has 1 saturated heterocycles. The van der Waals surface area contributed by atoms with Crippen molar-refractivity contribution in [2.45, 2.75) is 18.6 Å². The standard InChI is InChI=1S/C3H2ClF4O3P/c4-12(9)10-1(5)3(7,8)2(6)11-12/h1-2H. The summed E-state index contributed by atoms with van der Waals surface area (Å²) in [6.07, 6.45) is -6.71. The van der Waals surface area contributed by atoms with Gasteiger partial charge in [-0.3, -0.25) is 9.05 Å². The van der Waals surface area contributed by atoms with Gasteiger partial charge in [0.15, 0.2) is 0 Å². The molecule has 1 heterocycles. The lowest BCUT2D eigenvalue weighted by molar-refractivity contribution is -0.262. The highest BCUT2D eigenvalue weighted by atomic mass is 35.7. The summed E-state index contributed by atoms with van der Waals surface area (Å²) in [5, 5.41) is 0. The highest BCUT2D eigenvalue weighted by Crippen LogP contribution is 2.62. The normalized spacial score (nSPS) is 47.4. The minimum Gasteiger partial charge on any atom is -0.255 e. The number of hydrogen-bond donors (Lipinski definition) is 0. The van der Waals surface area contributed by atoms with Gasteiger partial charge in [0.05, 0.1) is 0 Å². The first-order valence-electron chi connectivity index (χ1n) is 2.58. The Kier molecular flexibility index (Phi) is 2.42. The molecule has 0 spiro atoms. The van der Waals surface area contributed by atoms with Crippen LogP contribution in [0.1, 0.15) is 0 Å². The van der Waals surface area contributed by atoms with Crippen molar-refractivity contribution >= 4 is 18.2 Å². The maximum atomic E-state index is 12.2. The molecular weight excluding hydrogens is 226 g/mol. The van der Waals surface area contributed by atoms with Crippen molar-refractivity contribution in [3.8, 4) is 0 Å². The van der Waals surface area contributed by atoms with Gasteiger partial charge in [-0.25, -0.2) is 13.3 Å². The van der Waals surface area contributed by atoms with Gasteiger partial charge in [0, 0.05) is 11.2 Å². The zero-order chi connectivity index (χ0) is 9.57. The van der Waals surface area contributed by atoms with Crippen molar-refractivity contribution in [1.82, 2.24) is 0 Å². The maximum Gasteiger partial charge on any atom is 0.429 e. The summed E-state index contributed by atoms with van der Waals surface area (Å²) in [6, 6.07) is 0. The largest absolute Gasteiger partial charge is 0.429 e. The molecule has 2 atom stereocenters. The van der Waals surface area contributed by atoms with E-state index in [1.165, 1.54) is 0 Å². The second kappa shape index (κ2) is 2.83.